The van der Waals surface area contributed by atoms with Crippen LogP contribution in [0.4, 0.5) is 0 Å². The highest BCUT2D eigenvalue weighted by atomic mass is 16.2. The molecular formula is C16H16N2O2. The maximum atomic E-state index is 12.5. The van der Waals surface area contributed by atoms with Crippen LogP contribution in [-0.4, -0.2) is 29.3 Å². The quantitative estimate of drug-likeness (QED) is 0.835. The Kier molecular flexibility index (Phi) is 3.19. The Morgan fingerprint density at radius 1 is 1.25 bits per heavy atom. The van der Waals surface area contributed by atoms with Gasteiger partial charge < -0.3 is 10.2 Å². The van der Waals surface area contributed by atoms with E-state index in [-0.39, 0.29) is 24.3 Å². The summed E-state index contributed by atoms with van der Waals surface area (Å²) in [4.78, 5) is 26.5. The van der Waals surface area contributed by atoms with E-state index in [4.69, 9.17) is 6.42 Å². The molecule has 2 fully saturated rings. The van der Waals surface area contributed by atoms with Crippen LogP contribution in [0.15, 0.2) is 30.3 Å². The fourth-order valence-electron chi connectivity index (χ4n) is 2.72. The highest BCUT2D eigenvalue weighted by molar-refractivity contribution is 5.98. The van der Waals surface area contributed by atoms with Crippen molar-refractivity contribution in [3.05, 3.63) is 35.9 Å². The minimum Gasteiger partial charge on any atom is -0.342 e. The van der Waals surface area contributed by atoms with E-state index >= 15 is 0 Å². The van der Waals surface area contributed by atoms with Crippen LogP contribution in [0.1, 0.15) is 24.4 Å². The lowest BCUT2D eigenvalue weighted by Crippen LogP contribution is -2.60. The Morgan fingerprint density at radius 2 is 1.95 bits per heavy atom. The molecule has 2 unspecified atom stereocenters. The predicted molar refractivity (Wildman–Crippen MR) is 74.4 cm³/mol. The third-order valence-electron chi connectivity index (χ3n) is 3.88. The van der Waals surface area contributed by atoms with Gasteiger partial charge in [0.05, 0.1) is 6.54 Å². The number of terminal acetylenes is 1. The lowest BCUT2D eigenvalue weighted by Gasteiger charge is -2.38. The molecule has 0 bridgehead atoms. The minimum absolute atomic E-state index is 0.0566. The molecule has 2 atom stereocenters. The van der Waals surface area contributed by atoms with Gasteiger partial charge in [0.15, 0.2) is 0 Å². The second-order valence-corrected chi connectivity index (χ2v) is 5.31. The second-order valence-electron chi connectivity index (χ2n) is 5.31. The number of rotatable bonds is 3. The van der Waals surface area contributed by atoms with E-state index in [1.165, 1.54) is 4.90 Å². The maximum absolute atomic E-state index is 12.5. The summed E-state index contributed by atoms with van der Waals surface area (Å²) in [6, 6.07) is 8.27. The normalized spacial score (nSPS) is 26.1. The smallest absolute Gasteiger partial charge is 0.248 e. The maximum Gasteiger partial charge on any atom is 0.248 e. The van der Waals surface area contributed by atoms with E-state index in [9.17, 15) is 9.59 Å². The molecule has 102 valence electrons. The molecule has 1 saturated carbocycles. The standard InChI is InChI=1S/C16H16N2O2/c1-2-10-18-14(12-6-4-3-5-7-12)15(19)17-13(16(18)20)11-8-9-11/h1,3-7,11,13-14H,8-10H2,(H,17,19). The number of benzene rings is 1. The molecule has 0 aromatic heterocycles. The topological polar surface area (TPSA) is 49.4 Å². The van der Waals surface area contributed by atoms with Gasteiger partial charge in [0.2, 0.25) is 11.8 Å². The van der Waals surface area contributed by atoms with Crippen LogP contribution in [0, 0.1) is 18.3 Å². The molecule has 4 heteroatoms. The van der Waals surface area contributed by atoms with Crippen LogP contribution >= 0.6 is 0 Å². The molecule has 1 aromatic carbocycles. The Balaban J connectivity index is 1.93. The minimum atomic E-state index is -0.616. The Hall–Kier alpha value is -2.28. The van der Waals surface area contributed by atoms with Crippen LogP contribution < -0.4 is 5.32 Å². The van der Waals surface area contributed by atoms with Crippen LogP contribution in [0.25, 0.3) is 0 Å². The first-order valence-electron chi connectivity index (χ1n) is 6.81. The summed E-state index contributed by atoms with van der Waals surface area (Å²) in [6.45, 7) is 0.162. The molecule has 0 radical (unpaired) electrons. The zero-order valence-electron chi connectivity index (χ0n) is 11.1. The first-order chi connectivity index (χ1) is 9.72. The third-order valence-corrected chi connectivity index (χ3v) is 3.88. The number of hydrogen-bond donors (Lipinski definition) is 1. The van der Waals surface area contributed by atoms with Crippen molar-refractivity contribution in [1.82, 2.24) is 10.2 Å². The largest absolute Gasteiger partial charge is 0.342 e. The molecule has 0 spiro atoms. The van der Waals surface area contributed by atoms with Gasteiger partial charge in [-0.1, -0.05) is 36.3 Å². The molecule has 1 aliphatic carbocycles. The highest BCUT2D eigenvalue weighted by Gasteiger charge is 2.46. The fourth-order valence-corrected chi connectivity index (χ4v) is 2.72. The molecule has 1 saturated heterocycles. The van der Waals surface area contributed by atoms with E-state index in [2.05, 4.69) is 11.2 Å². The van der Waals surface area contributed by atoms with E-state index in [0.29, 0.717) is 0 Å². The van der Waals surface area contributed by atoms with Gasteiger partial charge >= 0.3 is 0 Å². The molecule has 1 heterocycles. The number of amides is 2. The molecule has 1 aromatic rings. The summed E-state index contributed by atoms with van der Waals surface area (Å²) >= 11 is 0. The summed E-state index contributed by atoms with van der Waals surface area (Å²) < 4.78 is 0. The number of hydrogen-bond acceptors (Lipinski definition) is 2. The second kappa shape index (κ2) is 5.01. The molecule has 1 aliphatic heterocycles. The summed E-state index contributed by atoms with van der Waals surface area (Å²) in [7, 11) is 0. The number of carbonyl (C=O) groups is 2. The summed E-state index contributed by atoms with van der Waals surface area (Å²) in [5.41, 5.74) is 0.794. The number of nitrogens with one attached hydrogen (secondary N) is 1. The average molecular weight is 268 g/mol. The van der Waals surface area contributed by atoms with Crippen LogP contribution in [0.3, 0.4) is 0 Å². The van der Waals surface area contributed by atoms with Crippen molar-refractivity contribution in [2.24, 2.45) is 5.92 Å². The molecular weight excluding hydrogens is 252 g/mol. The lowest BCUT2D eigenvalue weighted by molar-refractivity contribution is -0.149. The van der Waals surface area contributed by atoms with Gasteiger partial charge in [-0.15, -0.1) is 6.42 Å². The Labute approximate surface area is 118 Å². The average Bonchev–Trinajstić information content (AvgIpc) is 3.28. The van der Waals surface area contributed by atoms with Gasteiger partial charge in [0, 0.05) is 0 Å². The Bertz CT molecular complexity index is 572. The molecule has 3 rings (SSSR count). The molecule has 2 aliphatic rings. The van der Waals surface area contributed by atoms with E-state index in [0.717, 1.165) is 18.4 Å². The van der Waals surface area contributed by atoms with Crippen LogP contribution in [-0.2, 0) is 9.59 Å². The van der Waals surface area contributed by atoms with E-state index in [1.54, 1.807) is 0 Å². The highest BCUT2D eigenvalue weighted by Crippen LogP contribution is 2.37. The van der Waals surface area contributed by atoms with Gasteiger partial charge in [-0.05, 0) is 24.3 Å². The number of piperazine rings is 1. The van der Waals surface area contributed by atoms with E-state index in [1.807, 2.05) is 30.3 Å². The predicted octanol–water partition coefficient (Wildman–Crippen LogP) is 1.10. The van der Waals surface area contributed by atoms with Crippen molar-refractivity contribution < 1.29 is 9.59 Å². The van der Waals surface area contributed by atoms with Crippen LogP contribution in [0.5, 0.6) is 0 Å². The van der Waals surface area contributed by atoms with Gasteiger partial charge in [-0.25, -0.2) is 0 Å². The number of nitrogens with zero attached hydrogens (tertiary/aromatic N) is 1. The Morgan fingerprint density at radius 3 is 2.55 bits per heavy atom. The summed E-state index contributed by atoms with van der Waals surface area (Å²) in [6.07, 6.45) is 7.36. The van der Waals surface area contributed by atoms with Gasteiger partial charge in [0.25, 0.3) is 0 Å². The SMILES string of the molecule is C#CCN1C(=O)C(C2CC2)NC(=O)C1c1ccccc1. The summed E-state index contributed by atoms with van der Waals surface area (Å²) in [5, 5.41) is 2.87. The number of carbonyl (C=O) groups excluding carboxylic acids is 2. The zero-order valence-corrected chi connectivity index (χ0v) is 11.1. The van der Waals surface area contributed by atoms with Gasteiger partial charge in [-0.3, -0.25) is 9.59 Å². The van der Waals surface area contributed by atoms with Crippen molar-refractivity contribution >= 4 is 11.8 Å². The van der Waals surface area contributed by atoms with Crippen molar-refractivity contribution in [3.63, 3.8) is 0 Å². The monoisotopic (exact) mass is 268 g/mol. The van der Waals surface area contributed by atoms with Crippen molar-refractivity contribution in [2.75, 3.05) is 6.54 Å². The molecule has 1 N–H and O–H groups in total. The fraction of sp³-hybridized carbons (Fsp3) is 0.375. The zero-order chi connectivity index (χ0) is 14.1. The third kappa shape index (κ3) is 2.16. The van der Waals surface area contributed by atoms with Crippen molar-refractivity contribution in [3.8, 4) is 12.3 Å². The first-order valence-corrected chi connectivity index (χ1v) is 6.81. The van der Waals surface area contributed by atoms with Gasteiger partial charge in [0.1, 0.15) is 12.1 Å². The van der Waals surface area contributed by atoms with Gasteiger partial charge in [-0.2, -0.15) is 0 Å². The molecule has 2 amide bonds. The van der Waals surface area contributed by atoms with Crippen molar-refractivity contribution in [1.29, 1.82) is 0 Å². The first kappa shape index (κ1) is 12.7. The van der Waals surface area contributed by atoms with Crippen molar-refractivity contribution in [2.45, 2.75) is 24.9 Å². The van der Waals surface area contributed by atoms with E-state index < -0.39 is 12.1 Å². The van der Waals surface area contributed by atoms with Crippen LogP contribution in [0.2, 0.25) is 0 Å². The molecule has 20 heavy (non-hydrogen) atoms. The summed E-state index contributed by atoms with van der Waals surface area (Å²) in [5.74, 6) is 2.58. The lowest BCUT2D eigenvalue weighted by atomic mass is 9.98. The molecule has 4 nitrogen and oxygen atoms in total.